The third-order valence-corrected chi connectivity index (χ3v) is 2.71. The number of nitrogens with zero attached hydrogens (tertiary/aromatic N) is 1. The SMILES string of the molecule is CCC(C)c1ccnc2c1CNN2. The van der Waals surface area contributed by atoms with Crippen molar-refractivity contribution in [3.8, 4) is 0 Å². The van der Waals surface area contributed by atoms with Gasteiger partial charge in [0.1, 0.15) is 5.82 Å². The number of rotatable bonds is 2. The minimum Gasteiger partial charge on any atom is -0.305 e. The van der Waals surface area contributed by atoms with Gasteiger partial charge in [-0.2, -0.15) is 0 Å². The van der Waals surface area contributed by atoms with E-state index in [1.54, 1.807) is 0 Å². The molecule has 70 valence electrons. The molecule has 3 nitrogen and oxygen atoms in total. The van der Waals surface area contributed by atoms with Gasteiger partial charge in [0.15, 0.2) is 0 Å². The van der Waals surface area contributed by atoms with E-state index in [0.717, 1.165) is 12.4 Å². The Balaban J connectivity index is 2.41. The largest absolute Gasteiger partial charge is 0.305 e. The number of fused-ring (bicyclic) bond motifs is 1. The third-order valence-electron chi connectivity index (χ3n) is 2.71. The fourth-order valence-electron chi connectivity index (χ4n) is 1.70. The molecule has 0 saturated heterocycles. The zero-order valence-electron chi connectivity index (χ0n) is 8.09. The lowest BCUT2D eigenvalue weighted by Crippen LogP contribution is -2.11. The molecule has 0 radical (unpaired) electrons. The molecule has 0 saturated carbocycles. The summed E-state index contributed by atoms with van der Waals surface area (Å²) in [6.07, 6.45) is 3.05. The Hall–Kier alpha value is -1.09. The molecule has 1 atom stereocenters. The molecule has 1 aromatic rings. The van der Waals surface area contributed by atoms with Crippen LogP contribution in [0.5, 0.6) is 0 Å². The quantitative estimate of drug-likeness (QED) is 0.725. The molecule has 0 aromatic carbocycles. The van der Waals surface area contributed by atoms with Gasteiger partial charge in [-0.05, 0) is 24.0 Å². The van der Waals surface area contributed by atoms with Crippen molar-refractivity contribution in [3.63, 3.8) is 0 Å². The normalized spacial score (nSPS) is 16.5. The predicted octanol–water partition coefficient (Wildman–Crippen LogP) is 2.03. The molecule has 1 aromatic heterocycles. The van der Waals surface area contributed by atoms with Crippen molar-refractivity contribution in [1.82, 2.24) is 10.4 Å². The van der Waals surface area contributed by atoms with Gasteiger partial charge in [0, 0.05) is 18.3 Å². The molecule has 2 N–H and O–H groups in total. The average Bonchev–Trinajstić information content (AvgIpc) is 2.63. The van der Waals surface area contributed by atoms with Gasteiger partial charge >= 0.3 is 0 Å². The predicted molar refractivity (Wildman–Crippen MR) is 53.4 cm³/mol. The van der Waals surface area contributed by atoms with E-state index < -0.39 is 0 Å². The van der Waals surface area contributed by atoms with Crippen molar-refractivity contribution < 1.29 is 0 Å². The number of aromatic nitrogens is 1. The first kappa shape index (κ1) is 8.51. The monoisotopic (exact) mass is 177 g/mol. The summed E-state index contributed by atoms with van der Waals surface area (Å²) in [7, 11) is 0. The van der Waals surface area contributed by atoms with Crippen LogP contribution < -0.4 is 10.9 Å². The number of nitrogens with one attached hydrogen (secondary N) is 2. The first-order chi connectivity index (χ1) is 6.33. The molecular weight excluding hydrogens is 162 g/mol. The van der Waals surface area contributed by atoms with Gasteiger partial charge in [-0.25, -0.2) is 10.4 Å². The van der Waals surface area contributed by atoms with Crippen LogP contribution in [0.2, 0.25) is 0 Å². The number of hydrazine groups is 1. The van der Waals surface area contributed by atoms with Crippen LogP contribution in [0.3, 0.4) is 0 Å². The average molecular weight is 177 g/mol. The van der Waals surface area contributed by atoms with E-state index in [9.17, 15) is 0 Å². The van der Waals surface area contributed by atoms with Crippen molar-refractivity contribution in [1.29, 1.82) is 0 Å². The summed E-state index contributed by atoms with van der Waals surface area (Å²) in [4.78, 5) is 4.26. The molecule has 2 rings (SSSR count). The topological polar surface area (TPSA) is 37.0 Å². The molecule has 13 heavy (non-hydrogen) atoms. The van der Waals surface area contributed by atoms with Crippen LogP contribution in [0, 0.1) is 0 Å². The summed E-state index contributed by atoms with van der Waals surface area (Å²) in [6, 6.07) is 2.13. The maximum atomic E-state index is 4.26. The summed E-state index contributed by atoms with van der Waals surface area (Å²) < 4.78 is 0. The smallest absolute Gasteiger partial charge is 0.144 e. The van der Waals surface area contributed by atoms with Crippen molar-refractivity contribution in [2.24, 2.45) is 0 Å². The van der Waals surface area contributed by atoms with E-state index in [4.69, 9.17) is 0 Å². The second kappa shape index (κ2) is 3.34. The summed E-state index contributed by atoms with van der Waals surface area (Å²) in [5, 5.41) is 0. The molecule has 0 amide bonds. The first-order valence-corrected chi connectivity index (χ1v) is 4.79. The molecule has 2 heterocycles. The second-order valence-corrected chi connectivity index (χ2v) is 3.52. The van der Waals surface area contributed by atoms with E-state index in [0.29, 0.717) is 5.92 Å². The standard InChI is InChI=1S/C10H15N3/c1-3-7(2)8-4-5-11-10-9(8)6-12-13-10/h4-5,7,12H,3,6H2,1-2H3,(H,11,13). The van der Waals surface area contributed by atoms with Gasteiger partial charge in [0.25, 0.3) is 0 Å². The zero-order valence-corrected chi connectivity index (χ0v) is 8.09. The maximum absolute atomic E-state index is 4.26. The second-order valence-electron chi connectivity index (χ2n) is 3.52. The van der Waals surface area contributed by atoms with Crippen LogP contribution in [-0.4, -0.2) is 4.98 Å². The summed E-state index contributed by atoms with van der Waals surface area (Å²) in [6.45, 7) is 5.37. The Bertz CT molecular complexity index is 309. The first-order valence-electron chi connectivity index (χ1n) is 4.79. The van der Waals surface area contributed by atoms with Crippen LogP contribution >= 0.6 is 0 Å². The Morgan fingerprint density at radius 3 is 3.23 bits per heavy atom. The van der Waals surface area contributed by atoms with E-state index in [-0.39, 0.29) is 0 Å². The van der Waals surface area contributed by atoms with Crippen molar-refractivity contribution >= 4 is 5.82 Å². The zero-order chi connectivity index (χ0) is 9.26. The lowest BCUT2D eigenvalue weighted by atomic mass is 9.95. The molecule has 0 fully saturated rings. The van der Waals surface area contributed by atoms with Gasteiger partial charge in [-0.1, -0.05) is 13.8 Å². The fourth-order valence-corrected chi connectivity index (χ4v) is 1.70. The van der Waals surface area contributed by atoms with Gasteiger partial charge in [0.2, 0.25) is 0 Å². The summed E-state index contributed by atoms with van der Waals surface area (Å²) in [5.41, 5.74) is 8.90. The fraction of sp³-hybridized carbons (Fsp3) is 0.500. The highest BCUT2D eigenvalue weighted by molar-refractivity contribution is 5.51. The number of hydrogen-bond acceptors (Lipinski definition) is 3. The molecule has 3 heteroatoms. The van der Waals surface area contributed by atoms with Gasteiger partial charge < -0.3 is 5.43 Å². The molecule has 0 aliphatic carbocycles. The molecule has 1 aliphatic heterocycles. The van der Waals surface area contributed by atoms with Crippen LogP contribution in [0.25, 0.3) is 0 Å². The molecule has 1 aliphatic rings. The highest BCUT2D eigenvalue weighted by Crippen LogP contribution is 2.28. The number of hydrogen-bond donors (Lipinski definition) is 2. The van der Waals surface area contributed by atoms with Crippen LogP contribution in [0.1, 0.15) is 37.3 Å². The van der Waals surface area contributed by atoms with Gasteiger partial charge in [-0.15, -0.1) is 0 Å². The molecule has 1 unspecified atom stereocenters. The Kier molecular flexibility index (Phi) is 2.19. The van der Waals surface area contributed by atoms with Crippen molar-refractivity contribution in [3.05, 3.63) is 23.4 Å². The Morgan fingerprint density at radius 2 is 2.46 bits per heavy atom. The summed E-state index contributed by atoms with van der Waals surface area (Å²) >= 11 is 0. The highest BCUT2D eigenvalue weighted by atomic mass is 15.4. The van der Waals surface area contributed by atoms with Crippen LogP contribution in [0.4, 0.5) is 5.82 Å². The van der Waals surface area contributed by atoms with Crippen molar-refractivity contribution in [2.75, 3.05) is 5.43 Å². The lowest BCUT2D eigenvalue weighted by molar-refractivity contribution is 0.718. The Morgan fingerprint density at radius 1 is 1.62 bits per heavy atom. The van der Waals surface area contributed by atoms with Gasteiger partial charge in [0.05, 0.1) is 0 Å². The van der Waals surface area contributed by atoms with E-state index >= 15 is 0 Å². The van der Waals surface area contributed by atoms with Gasteiger partial charge in [-0.3, -0.25) is 0 Å². The molecule has 0 spiro atoms. The number of pyridine rings is 1. The van der Waals surface area contributed by atoms with Crippen molar-refractivity contribution in [2.45, 2.75) is 32.7 Å². The molecule has 0 bridgehead atoms. The van der Waals surface area contributed by atoms with E-state index in [1.165, 1.54) is 17.5 Å². The van der Waals surface area contributed by atoms with E-state index in [1.807, 2.05) is 6.20 Å². The highest BCUT2D eigenvalue weighted by Gasteiger charge is 2.17. The minimum absolute atomic E-state index is 0.624. The van der Waals surface area contributed by atoms with Crippen LogP contribution in [-0.2, 0) is 6.54 Å². The third kappa shape index (κ3) is 1.40. The van der Waals surface area contributed by atoms with Crippen LogP contribution in [0.15, 0.2) is 12.3 Å². The molecular formula is C10H15N3. The number of anilines is 1. The minimum atomic E-state index is 0.624. The van der Waals surface area contributed by atoms with E-state index in [2.05, 4.69) is 35.7 Å². The lowest BCUT2D eigenvalue weighted by Gasteiger charge is -2.11. The summed E-state index contributed by atoms with van der Waals surface area (Å²) in [5.74, 6) is 1.62. The maximum Gasteiger partial charge on any atom is 0.144 e. The Labute approximate surface area is 78.5 Å².